The molecule has 1 unspecified atom stereocenters. The van der Waals surface area contributed by atoms with Crippen LogP contribution < -0.4 is 9.62 Å². The second-order valence-electron chi connectivity index (χ2n) is 5.80. The molecular weight excluding hydrogens is 332 g/mol. The van der Waals surface area contributed by atoms with Crippen molar-refractivity contribution < 1.29 is 23.1 Å². The first-order valence-electron chi connectivity index (χ1n) is 8.11. The largest absolute Gasteiger partial charge is 0.506 e. The van der Waals surface area contributed by atoms with E-state index >= 15 is 0 Å². The summed E-state index contributed by atoms with van der Waals surface area (Å²) in [5, 5.41) is 12.5. The lowest BCUT2D eigenvalue weighted by molar-refractivity contribution is -0.126. The summed E-state index contributed by atoms with van der Waals surface area (Å²) in [6, 6.07) is 4.37. The third kappa shape index (κ3) is 4.39. The van der Waals surface area contributed by atoms with E-state index in [4.69, 9.17) is 4.74 Å². The molecule has 0 saturated carbocycles. The molecule has 24 heavy (non-hydrogen) atoms. The standard InChI is InChI=1S/C16H24N2O5S/c1-3-4-9-23-12(2)16(20)17-14-11-13(6-7-15(14)19)18-8-5-10-24(18,21)22/h6-7,11-12,19H,3-5,8-10H2,1-2H3,(H,17,20). The Balaban J connectivity index is 2.10. The molecule has 0 spiro atoms. The Morgan fingerprint density at radius 3 is 2.83 bits per heavy atom. The highest BCUT2D eigenvalue weighted by molar-refractivity contribution is 7.93. The van der Waals surface area contributed by atoms with Crippen LogP contribution in [-0.4, -0.2) is 44.4 Å². The van der Waals surface area contributed by atoms with Crippen molar-refractivity contribution >= 4 is 27.3 Å². The van der Waals surface area contributed by atoms with Crippen LogP contribution in [0.5, 0.6) is 5.75 Å². The highest BCUT2D eigenvalue weighted by atomic mass is 32.2. The number of amides is 1. The molecule has 1 saturated heterocycles. The van der Waals surface area contributed by atoms with Gasteiger partial charge in [-0.1, -0.05) is 13.3 Å². The first kappa shape index (κ1) is 18.5. The molecule has 0 bridgehead atoms. The molecule has 1 aromatic rings. The van der Waals surface area contributed by atoms with Crippen LogP contribution in [0.2, 0.25) is 0 Å². The molecule has 1 aliphatic rings. The second-order valence-corrected chi connectivity index (χ2v) is 7.81. The first-order chi connectivity index (χ1) is 11.3. The molecule has 7 nitrogen and oxygen atoms in total. The van der Waals surface area contributed by atoms with Crippen molar-refractivity contribution in [1.29, 1.82) is 0 Å². The van der Waals surface area contributed by atoms with Gasteiger partial charge in [-0.05, 0) is 38.0 Å². The van der Waals surface area contributed by atoms with E-state index in [2.05, 4.69) is 5.32 Å². The minimum atomic E-state index is -3.32. The van der Waals surface area contributed by atoms with Crippen molar-refractivity contribution in [3.63, 3.8) is 0 Å². The molecule has 1 heterocycles. The number of benzene rings is 1. The van der Waals surface area contributed by atoms with E-state index in [9.17, 15) is 18.3 Å². The Hall–Kier alpha value is -1.80. The molecule has 134 valence electrons. The number of hydrogen-bond donors (Lipinski definition) is 2. The molecule has 0 aliphatic carbocycles. The molecule has 2 N–H and O–H groups in total. The maximum atomic E-state index is 12.1. The minimum absolute atomic E-state index is 0.109. The van der Waals surface area contributed by atoms with E-state index in [-0.39, 0.29) is 23.1 Å². The average Bonchev–Trinajstić information content (AvgIpc) is 2.89. The van der Waals surface area contributed by atoms with Crippen molar-refractivity contribution in [2.75, 3.05) is 28.5 Å². The Morgan fingerprint density at radius 2 is 2.21 bits per heavy atom. The van der Waals surface area contributed by atoms with Gasteiger partial charge < -0.3 is 15.2 Å². The number of nitrogens with one attached hydrogen (secondary N) is 1. The highest BCUT2D eigenvalue weighted by Gasteiger charge is 2.29. The zero-order valence-corrected chi connectivity index (χ0v) is 14.8. The fourth-order valence-electron chi connectivity index (χ4n) is 2.42. The van der Waals surface area contributed by atoms with Gasteiger partial charge in [0.1, 0.15) is 11.9 Å². The number of aromatic hydroxyl groups is 1. The number of anilines is 2. The lowest BCUT2D eigenvalue weighted by Crippen LogP contribution is -2.28. The van der Waals surface area contributed by atoms with Crippen LogP contribution in [0.25, 0.3) is 0 Å². The SMILES string of the molecule is CCCCOC(C)C(=O)Nc1cc(N2CCCS2(=O)=O)ccc1O. The fourth-order valence-corrected chi connectivity index (χ4v) is 3.98. The summed E-state index contributed by atoms with van der Waals surface area (Å²) in [6.07, 6.45) is 1.75. The zero-order valence-electron chi connectivity index (χ0n) is 14.0. The van der Waals surface area contributed by atoms with Gasteiger partial charge in [0, 0.05) is 13.2 Å². The molecule has 2 rings (SSSR count). The summed E-state index contributed by atoms with van der Waals surface area (Å²) in [5.74, 6) is -0.398. The van der Waals surface area contributed by atoms with Crippen molar-refractivity contribution in [1.82, 2.24) is 0 Å². The van der Waals surface area contributed by atoms with Gasteiger partial charge in [-0.15, -0.1) is 0 Å². The van der Waals surface area contributed by atoms with Crippen molar-refractivity contribution in [3.05, 3.63) is 18.2 Å². The lowest BCUT2D eigenvalue weighted by atomic mass is 10.2. The van der Waals surface area contributed by atoms with Gasteiger partial charge in [-0.3, -0.25) is 9.10 Å². The average molecular weight is 356 g/mol. The summed E-state index contributed by atoms with van der Waals surface area (Å²) in [7, 11) is -3.32. The highest BCUT2D eigenvalue weighted by Crippen LogP contribution is 2.32. The molecule has 1 fully saturated rings. The van der Waals surface area contributed by atoms with E-state index < -0.39 is 16.1 Å². The zero-order chi connectivity index (χ0) is 17.7. The molecule has 1 aromatic carbocycles. The van der Waals surface area contributed by atoms with Gasteiger partial charge in [0.05, 0.1) is 17.1 Å². The third-order valence-electron chi connectivity index (χ3n) is 3.86. The quantitative estimate of drug-likeness (QED) is 0.576. The predicted octanol–water partition coefficient (Wildman–Crippen LogP) is 2.08. The summed E-state index contributed by atoms with van der Waals surface area (Å²) < 4.78 is 30.7. The maximum absolute atomic E-state index is 12.1. The molecule has 1 amide bonds. The number of hydrogen-bond acceptors (Lipinski definition) is 5. The number of ether oxygens (including phenoxy) is 1. The number of phenols is 1. The van der Waals surface area contributed by atoms with Crippen LogP contribution >= 0.6 is 0 Å². The topological polar surface area (TPSA) is 95.9 Å². The van der Waals surface area contributed by atoms with Gasteiger partial charge in [-0.2, -0.15) is 0 Å². The number of carbonyl (C=O) groups excluding carboxylic acids is 1. The molecule has 0 radical (unpaired) electrons. The fraction of sp³-hybridized carbons (Fsp3) is 0.562. The normalized spacial score (nSPS) is 17.7. The molecule has 1 atom stereocenters. The van der Waals surface area contributed by atoms with Gasteiger partial charge in [0.15, 0.2) is 0 Å². The summed E-state index contributed by atoms with van der Waals surface area (Å²) in [6.45, 7) is 4.56. The van der Waals surface area contributed by atoms with Gasteiger partial charge in [-0.25, -0.2) is 8.42 Å². The van der Waals surface area contributed by atoms with E-state index in [1.807, 2.05) is 6.92 Å². The predicted molar refractivity (Wildman–Crippen MR) is 92.8 cm³/mol. The first-order valence-corrected chi connectivity index (χ1v) is 9.72. The minimum Gasteiger partial charge on any atom is -0.506 e. The van der Waals surface area contributed by atoms with Crippen LogP contribution in [0.1, 0.15) is 33.1 Å². The number of rotatable bonds is 7. The van der Waals surface area contributed by atoms with Crippen LogP contribution in [0.15, 0.2) is 18.2 Å². The number of nitrogens with zero attached hydrogens (tertiary/aromatic N) is 1. The maximum Gasteiger partial charge on any atom is 0.253 e. The van der Waals surface area contributed by atoms with Gasteiger partial charge in [0.2, 0.25) is 10.0 Å². The molecular formula is C16H24N2O5S. The Morgan fingerprint density at radius 1 is 1.46 bits per heavy atom. The molecule has 8 heteroatoms. The number of unbranched alkanes of at least 4 members (excludes halogenated alkanes) is 1. The van der Waals surface area contributed by atoms with Crippen molar-refractivity contribution in [2.24, 2.45) is 0 Å². The van der Waals surface area contributed by atoms with E-state index in [0.717, 1.165) is 12.8 Å². The van der Waals surface area contributed by atoms with E-state index in [1.54, 1.807) is 6.92 Å². The van der Waals surface area contributed by atoms with E-state index in [0.29, 0.717) is 25.3 Å². The third-order valence-corrected chi connectivity index (χ3v) is 5.73. The monoisotopic (exact) mass is 356 g/mol. The molecule has 0 aromatic heterocycles. The van der Waals surface area contributed by atoms with E-state index in [1.165, 1.54) is 22.5 Å². The van der Waals surface area contributed by atoms with Crippen molar-refractivity contribution in [3.8, 4) is 5.75 Å². The van der Waals surface area contributed by atoms with Crippen LogP contribution in [0, 0.1) is 0 Å². The number of carbonyl (C=O) groups is 1. The number of phenolic OH excluding ortho intramolecular Hbond substituents is 1. The van der Waals surface area contributed by atoms with Gasteiger partial charge >= 0.3 is 0 Å². The van der Waals surface area contributed by atoms with Crippen LogP contribution in [0.4, 0.5) is 11.4 Å². The Labute approximate surface area is 142 Å². The summed E-state index contributed by atoms with van der Waals surface area (Å²) in [4.78, 5) is 12.1. The van der Waals surface area contributed by atoms with Gasteiger partial charge in [0.25, 0.3) is 5.91 Å². The van der Waals surface area contributed by atoms with Crippen LogP contribution in [-0.2, 0) is 19.6 Å². The van der Waals surface area contributed by atoms with Crippen LogP contribution in [0.3, 0.4) is 0 Å². The lowest BCUT2D eigenvalue weighted by Gasteiger charge is -2.19. The Bertz CT molecular complexity index is 690. The Kier molecular flexibility index (Phi) is 6.06. The van der Waals surface area contributed by atoms with Crippen molar-refractivity contribution in [2.45, 2.75) is 39.2 Å². The number of sulfonamides is 1. The summed E-state index contributed by atoms with van der Waals surface area (Å²) in [5.41, 5.74) is 0.602. The smallest absolute Gasteiger partial charge is 0.253 e. The summed E-state index contributed by atoms with van der Waals surface area (Å²) >= 11 is 0. The second kappa shape index (κ2) is 7.85. The molecule has 1 aliphatic heterocycles.